The molecule has 0 aromatic carbocycles. The van der Waals surface area contributed by atoms with Crippen LogP contribution < -0.4 is 5.73 Å². The first-order valence-electron chi connectivity index (χ1n) is 6.01. The van der Waals surface area contributed by atoms with Crippen molar-refractivity contribution in [2.45, 2.75) is 39.5 Å². The molecule has 16 heavy (non-hydrogen) atoms. The SMILES string of the molecule is CCCCc1nc2ccc(CC)cn2c1N. The van der Waals surface area contributed by atoms with Crippen molar-refractivity contribution in [2.75, 3.05) is 5.73 Å². The van der Waals surface area contributed by atoms with E-state index in [0.717, 1.165) is 36.4 Å². The summed E-state index contributed by atoms with van der Waals surface area (Å²) in [6.45, 7) is 4.33. The molecule has 0 bridgehead atoms. The summed E-state index contributed by atoms with van der Waals surface area (Å²) in [7, 11) is 0. The first-order chi connectivity index (χ1) is 7.76. The van der Waals surface area contributed by atoms with Gasteiger partial charge >= 0.3 is 0 Å². The van der Waals surface area contributed by atoms with E-state index in [9.17, 15) is 0 Å². The smallest absolute Gasteiger partial charge is 0.138 e. The van der Waals surface area contributed by atoms with Crippen LogP contribution in [0.1, 0.15) is 37.9 Å². The average Bonchev–Trinajstić information content (AvgIpc) is 2.63. The van der Waals surface area contributed by atoms with Crippen molar-refractivity contribution in [3.8, 4) is 0 Å². The molecule has 2 aromatic rings. The van der Waals surface area contributed by atoms with Gasteiger partial charge in [-0.1, -0.05) is 26.3 Å². The number of aromatic nitrogens is 2. The van der Waals surface area contributed by atoms with Crippen LogP contribution in [0.2, 0.25) is 0 Å². The molecule has 0 aliphatic rings. The molecule has 2 N–H and O–H groups in total. The highest BCUT2D eigenvalue weighted by atomic mass is 15.1. The normalized spacial score (nSPS) is 11.1. The minimum Gasteiger partial charge on any atom is -0.383 e. The molecule has 0 spiro atoms. The number of rotatable bonds is 4. The first-order valence-corrected chi connectivity index (χ1v) is 6.01. The second-order valence-corrected chi connectivity index (χ2v) is 4.17. The predicted molar refractivity (Wildman–Crippen MR) is 67.6 cm³/mol. The zero-order chi connectivity index (χ0) is 11.5. The number of unbranched alkanes of at least 4 members (excludes halogenated alkanes) is 1. The first kappa shape index (κ1) is 11.0. The summed E-state index contributed by atoms with van der Waals surface area (Å²) in [4.78, 5) is 4.56. The highest BCUT2D eigenvalue weighted by Gasteiger charge is 2.08. The maximum Gasteiger partial charge on any atom is 0.138 e. The standard InChI is InChI=1S/C13H19N3/c1-3-5-6-11-13(14)16-9-10(4-2)7-8-12(16)15-11/h7-9H,3-6,14H2,1-2H3. The molecule has 0 unspecified atom stereocenters. The maximum absolute atomic E-state index is 6.10. The molecule has 0 fully saturated rings. The zero-order valence-electron chi connectivity index (χ0n) is 10.0. The molecule has 0 saturated heterocycles. The van der Waals surface area contributed by atoms with Gasteiger partial charge in [0.25, 0.3) is 0 Å². The minimum atomic E-state index is 0.804. The third-order valence-corrected chi connectivity index (χ3v) is 2.97. The number of hydrogen-bond donors (Lipinski definition) is 1. The van der Waals surface area contributed by atoms with Crippen LogP contribution in [0.25, 0.3) is 5.65 Å². The van der Waals surface area contributed by atoms with Crippen molar-refractivity contribution < 1.29 is 0 Å². The number of fused-ring (bicyclic) bond motifs is 1. The van der Waals surface area contributed by atoms with Crippen LogP contribution in [0, 0.1) is 0 Å². The van der Waals surface area contributed by atoms with Crippen molar-refractivity contribution in [3.63, 3.8) is 0 Å². The van der Waals surface area contributed by atoms with Gasteiger partial charge in [0.15, 0.2) is 0 Å². The zero-order valence-corrected chi connectivity index (χ0v) is 10.0. The molecular weight excluding hydrogens is 198 g/mol. The predicted octanol–water partition coefficient (Wildman–Crippen LogP) is 2.82. The molecule has 0 atom stereocenters. The van der Waals surface area contributed by atoms with Gasteiger partial charge in [0.2, 0.25) is 0 Å². The van der Waals surface area contributed by atoms with E-state index >= 15 is 0 Å². The van der Waals surface area contributed by atoms with Gasteiger partial charge in [-0.3, -0.25) is 4.40 Å². The Morgan fingerprint density at radius 3 is 2.81 bits per heavy atom. The monoisotopic (exact) mass is 217 g/mol. The van der Waals surface area contributed by atoms with E-state index in [-0.39, 0.29) is 0 Å². The third-order valence-electron chi connectivity index (χ3n) is 2.97. The minimum absolute atomic E-state index is 0.804. The highest BCUT2D eigenvalue weighted by Crippen LogP contribution is 2.18. The van der Waals surface area contributed by atoms with E-state index in [2.05, 4.69) is 31.1 Å². The number of nitrogen functional groups attached to an aromatic ring is 1. The van der Waals surface area contributed by atoms with Crippen molar-refractivity contribution in [1.82, 2.24) is 9.38 Å². The summed E-state index contributed by atoms with van der Waals surface area (Å²) in [5.41, 5.74) is 9.39. The quantitative estimate of drug-likeness (QED) is 0.855. The van der Waals surface area contributed by atoms with E-state index in [1.54, 1.807) is 0 Å². The van der Waals surface area contributed by atoms with E-state index in [1.807, 2.05) is 10.5 Å². The molecule has 0 radical (unpaired) electrons. The lowest BCUT2D eigenvalue weighted by molar-refractivity contribution is 0.783. The molecule has 86 valence electrons. The molecule has 0 aliphatic heterocycles. The molecule has 0 saturated carbocycles. The number of imidazole rings is 1. The van der Waals surface area contributed by atoms with Gasteiger partial charge in [-0.25, -0.2) is 4.98 Å². The molecule has 3 heteroatoms. The molecule has 2 rings (SSSR count). The molecule has 0 aliphatic carbocycles. The molecule has 2 heterocycles. The number of anilines is 1. The fraction of sp³-hybridized carbons (Fsp3) is 0.462. The summed E-state index contributed by atoms with van der Waals surface area (Å²) >= 11 is 0. The summed E-state index contributed by atoms with van der Waals surface area (Å²) < 4.78 is 2.00. The summed E-state index contributed by atoms with van der Waals surface area (Å²) in [5, 5.41) is 0. The van der Waals surface area contributed by atoms with E-state index in [1.165, 1.54) is 12.0 Å². The molecule has 0 amide bonds. The fourth-order valence-electron chi connectivity index (χ4n) is 1.89. The third kappa shape index (κ3) is 1.90. The Bertz CT molecular complexity index is 485. The van der Waals surface area contributed by atoms with Gasteiger partial charge < -0.3 is 5.73 Å². The van der Waals surface area contributed by atoms with Crippen LogP contribution >= 0.6 is 0 Å². The lowest BCUT2D eigenvalue weighted by Crippen LogP contribution is -1.97. The van der Waals surface area contributed by atoms with Gasteiger partial charge in [0.05, 0.1) is 5.69 Å². The Hall–Kier alpha value is -1.51. The molecular formula is C13H19N3. The summed E-state index contributed by atoms with van der Waals surface area (Å²) in [6.07, 6.45) is 6.42. The summed E-state index contributed by atoms with van der Waals surface area (Å²) in [6, 6.07) is 4.16. The van der Waals surface area contributed by atoms with Gasteiger partial charge in [-0.05, 0) is 30.9 Å². The number of aryl methyl sites for hydroxylation is 2. The van der Waals surface area contributed by atoms with Crippen LogP contribution in [-0.2, 0) is 12.8 Å². The van der Waals surface area contributed by atoms with Crippen molar-refractivity contribution in [2.24, 2.45) is 0 Å². The van der Waals surface area contributed by atoms with Crippen LogP contribution in [0.15, 0.2) is 18.3 Å². The average molecular weight is 217 g/mol. The molecule has 2 aromatic heterocycles. The van der Waals surface area contributed by atoms with Crippen molar-refractivity contribution >= 4 is 11.5 Å². The number of pyridine rings is 1. The Kier molecular flexibility index (Phi) is 3.13. The lowest BCUT2D eigenvalue weighted by Gasteiger charge is -2.00. The number of hydrogen-bond acceptors (Lipinski definition) is 2. The van der Waals surface area contributed by atoms with Crippen LogP contribution in [0.5, 0.6) is 0 Å². The lowest BCUT2D eigenvalue weighted by atomic mass is 10.2. The van der Waals surface area contributed by atoms with Crippen molar-refractivity contribution in [3.05, 3.63) is 29.6 Å². The van der Waals surface area contributed by atoms with E-state index in [0.29, 0.717) is 0 Å². The van der Waals surface area contributed by atoms with Gasteiger partial charge in [0, 0.05) is 6.20 Å². The maximum atomic E-state index is 6.10. The van der Waals surface area contributed by atoms with Gasteiger partial charge in [0.1, 0.15) is 11.5 Å². The van der Waals surface area contributed by atoms with Crippen LogP contribution in [0.4, 0.5) is 5.82 Å². The Balaban J connectivity index is 2.42. The number of nitrogens with zero attached hydrogens (tertiary/aromatic N) is 2. The van der Waals surface area contributed by atoms with Gasteiger partial charge in [-0.2, -0.15) is 0 Å². The molecule has 3 nitrogen and oxygen atoms in total. The Morgan fingerprint density at radius 2 is 2.12 bits per heavy atom. The fourth-order valence-corrected chi connectivity index (χ4v) is 1.89. The van der Waals surface area contributed by atoms with Crippen LogP contribution in [0.3, 0.4) is 0 Å². The van der Waals surface area contributed by atoms with E-state index in [4.69, 9.17) is 5.73 Å². The Morgan fingerprint density at radius 1 is 1.31 bits per heavy atom. The van der Waals surface area contributed by atoms with Crippen LogP contribution in [-0.4, -0.2) is 9.38 Å². The largest absolute Gasteiger partial charge is 0.383 e. The topological polar surface area (TPSA) is 43.3 Å². The van der Waals surface area contributed by atoms with E-state index < -0.39 is 0 Å². The summed E-state index contributed by atoms with van der Waals surface area (Å²) in [5.74, 6) is 0.804. The highest BCUT2D eigenvalue weighted by molar-refractivity contribution is 5.53. The second-order valence-electron chi connectivity index (χ2n) is 4.17. The Labute approximate surface area is 96.3 Å². The number of nitrogens with two attached hydrogens (primary N) is 1. The van der Waals surface area contributed by atoms with Gasteiger partial charge in [-0.15, -0.1) is 0 Å². The second kappa shape index (κ2) is 4.56. The van der Waals surface area contributed by atoms with Crippen molar-refractivity contribution in [1.29, 1.82) is 0 Å².